The van der Waals surface area contributed by atoms with E-state index in [1.807, 2.05) is 30.3 Å². The molecule has 0 unspecified atom stereocenters. The van der Waals surface area contributed by atoms with Crippen LogP contribution in [0.3, 0.4) is 0 Å². The lowest BCUT2D eigenvalue weighted by Crippen LogP contribution is -2.22. The summed E-state index contributed by atoms with van der Waals surface area (Å²) in [5, 5.41) is 20.7. The van der Waals surface area contributed by atoms with Crippen LogP contribution in [-0.2, 0) is 6.54 Å². The number of fused-ring (bicyclic) bond motifs is 1. The molecule has 0 aliphatic rings. The molecule has 0 bridgehead atoms. The molecule has 1 heterocycles. The summed E-state index contributed by atoms with van der Waals surface area (Å²) < 4.78 is 5.20. The maximum absolute atomic E-state index is 10.9. The second kappa shape index (κ2) is 6.98. The van der Waals surface area contributed by atoms with Crippen LogP contribution in [0.5, 0.6) is 0 Å². The van der Waals surface area contributed by atoms with Crippen molar-refractivity contribution in [3.8, 4) is 0 Å². The summed E-state index contributed by atoms with van der Waals surface area (Å²) in [6.45, 7) is 0.559. The number of nitrogens with one attached hydrogen (secondary N) is 2. The van der Waals surface area contributed by atoms with Crippen molar-refractivity contribution in [2.45, 2.75) is 6.54 Å². The molecule has 1 aromatic heterocycles. The van der Waals surface area contributed by atoms with Gasteiger partial charge in [-0.05, 0) is 29.8 Å². The molecule has 0 fully saturated rings. The number of carboxylic acids is 1. The standard InChI is InChI=1S/C17H14N2O3.ClH/c18-16(19-10-11-4-2-1-3-5-11)12-6-7-14-13(8-12)9-15(22-14)17(20)21;/h1-9H,10H2,(H2,18,19)(H,20,21);1H. The van der Waals surface area contributed by atoms with Gasteiger partial charge in [0.2, 0.25) is 5.76 Å². The quantitative estimate of drug-likeness (QED) is 0.503. The number of benzene rings is 2. The first-order valence-electron chi connectivity index (χ1n) is 6.77. The van der Waals surface area contributed by atoms with E-state index in [1.165, 1.54) is 6.07 Å². The van der Waals surface area contributed by atoms with Gasteiger partial charge in [0.15, 0.2) is 0 Å². The normalized spacial score (nSPS) is 10.1. The predicted octanol–water partition coefficient (Wildman–Crippen LogP) is 3.67. The molecule has 6 heteroatoms. The van der Waals surface area contributed by atoms with Crippen LogP contribution in [0.1, 0.15) is 21.7 Å². The van der Waals surface area contributed by atoms with Crippen LogP contribution in [0, 0.1) is 5.41 Å². The average molecular weight is 331 g/mol. The molecule has 3 rings (SSSR count). The van der Waals surface area contributed by atoms with Crippen molar-refractivity contribution < 1.29 is 14.3 Å². The zero-order valence-corrected chi connectivity index (χ0v) is 12.9. The first-order chi connectivity index (χ1) is 10.6. The average Bonchev–Trinajstić information content (AvgIpc) is 2.97. The third-order valence-corrected chi connectivity index (χ3v) is 3.33. The summed E-state index contributed by atoms with van der Waals surface area (Å²) >= 11 is 0. The first kappa shape index (κ1) is 16.6. The minimum atomic E-state index is -1.10. The van der Waals surface area contributed by atoms with Crippen molar-refractivity contribution in [2.24, 2.45) is 0 Å². The van der Waals surface area contributed by atoms with Crippen molar-refractivity contribution in [1.82, 2.24) is 5.32 Å². The van der Waals surface area contributed by atoms with Crippen LogP contribution < -0.4 is 5.32 Å². The SMILES string of the molecule is Cl.N=C(NCc1ccccc1)c1ccc2oc(C(=O)O)cc2c1. The van der Waals surface area contributed by atoms with E-state index in [0.717, 1.165) is 5.56 Å². The van der Waals surface area contributed by atoms with Gasteiger partial charge in [-0.15, -0.1) is 12.4 Å². The highest BCUT2D eigenvalue weighted by Crippen LogP contribution is 2.21. The lowest BCUT2D eigenvalue weighted by Gasteiger charge is -2.08. The van der Waals surface area contributed by atoms with Gasteiger partial charge in [0, 0.05) is 17.5 Å². The molecule has 5 nitrogen and oxygen atoms in total. The molecule has 0 aliphatic carbocycles. The molecule has 0 aliphatic heterocycles. The highest BCUT2D eigenvalue weighted by molar-refractivity contribution is 6.00. The number of furan rings is 1. The molecular formula is C17H15ClN2O3. The molecule has 23 heavy (non-hydrogen) atoms. The molecule has 0 spiro atoms. The summed E-state index contributed by atoms with van der Waals surface area (Å²) in [4.78, 5) is 10.9. The second-order valence-corrected chi connectivity index (χ2v) is 4.88. The Morgan fingerprint density at radius 3 is 2.57 bits per heavy atom. The molecule has 118 valence electrons. The molecule has 0 saturated heterocycles. The lowest BCUT2D eigenvalue weighted by atomic mass is 10.1. The van der Waals surface area contributed by atoms with E-state index in [9.17, 15) is 4.79 Å². The summed E-state index contributed by atoms with van der Waals surface area (Å²) in [7, 11) is 0. The van der Waals surface area contributed by atoms with Crippen LogP contribution in [-0.4, -0.2) is 16.9 Å². The number of carboxylic acid groups (broad SMARTS) is 1. The Hall–Kier alpha value is -2.79. The number of hydrogen-bond acceptors (Lipinski definition) is 3. The van der Waals surface area contributed by atoms with Crippen molar-refractivity contribution in [3.05, 3.63) is 71.5 Å². The van der Waals surface area contributed by atoms with Gasteiger partial charge < -0.3 is 14.8 Å². The Kier molecular flexibility index (Phi) is 5.03. The van der Waals surface area contributed by atoms with Crippen molar-refractivity contribution >= 4 is 35.2 Å². The molecule has 0 amide bonds. The molecule has 2 aromatic carbocycles. The molecule has 3 N–H and O–H groups in total. The highest BCUT2D eigenvalue weighted by atomic mass is 35.5. The molecular weight excluding hydrogens is 316 g/mol. The molecule has 0 saturated carbocycles. The Bertz CT molecular complexity index is 843. The monoisotopic (exact) mass is 330 g/mol. The van der Waals surface area contributed by atoms with Crippen LogP contribution in [0.25, 0.3) is 11.0 Å². The van der Waals surface area contributed by atoms with Crippen molar-refractivity contribution in [1.29, 1.82) is 5.41 Å². The number of carbonyl (C=O) groups is 1. The lowest BCUT2D eigenvalue weighted by molar-refractivity contribution is 0.0665. The molecule has 3 aromatic rings. The van der Waals surface area contributed by atoms with E-state index in [2.05, 4.69) is 5.32 Å². The minimum absolute atomic E-state index is 0. The van der Waals surface area contributed by atoms with E-state index < -0.39 is 5.97 Å². The van der Waals surface area contributed by atoms with E-state index in [-0.39, 0.29) is 24.0 Å². The summed E-state index contributed by atoms with van der Waals surface area (Å²) in [5.74, 6) is -0.921. The maximum Gasteiger partial charge on any atom is 0.371 e. The Morgan fingerprint density at radius 2 is 1.87 bits per heavy atom. The number of halogens is 1. The van der Waals surface area contributed by atoms with Gasteiger partial charge >= 0.3 is 5.97 Å². The number of amidine groups is 1. The van der Waals surface area contributed by atoms with Crippen LogP contribution in [0.2, 0.25) is 0 Å². The van der Waals surface area contributed by atoms with Gasteiger partial charge in [0.05, 0.1) is 0 Å². The van der Waals surface area contributed by atoms with Gasteiger partial charge in [0.1, 0.15) is 11.4 Å². The Labute approximate surface area is 138 Å². The summed E-state index contributed by atoms with van der Waals surface area (Å²) in [6.07, 6.45) is 0. The Balaban J connectivity index is 0.00000192. The Morgan fingerprint density at radius 1 is 1.13 bits per heavy atom. The topological polar surface area (TPSA) is 86.3 Å². The fourth-order valence-corrected chi connectivity index (χ4v) is 2.19. The van der Waals surface area contributed by atoms with Gasteiger partial charge in [-0.1, -0.05) is 30.3 Å². The zero-order chi connectivity index (χ0) is 15.5. The van der Waals surface area contributed by atoms with Gasteiger partial charge in [-0.3, -0.25) is 5.41 Å². The third kappa shape index (κ3) is 3.70. The van der Waals surface area contributed by atoms with Crippen molar-refractivity contribution in [3.63, 3.8) is 0 Å². The largest absolute Gasteiger partial charge is 0.475 e. The van der Waals surface area contributed by atoms with Crippen molar-refractivity contribution in [2.75, 3.05) is 0 Å². The van der Waals surface area contributed by atoms with E-state index in [0.29, 0.717) is 23.1 Å². The first-order valence-corrected chi connectivity index (χ1v) is 6.77. The predicted molar refractivity (Wildman–Crippen MR) is 90.5 cm³/mol. The summed E-state index contributed by atoms with van der Waals surface area (Å²) in [6, 6.07) is 16.4. The number of aromatic carboxylic acids is 1. The minimum Gasteiger partial charge on any atom is -0.475 e. The number of hydrogen-bond donors (Lipinski definition) is 3. The van der Waals surface area contributed by atoms with Crippen LogP contribution in [0.15, 0.2) is 59.0 Å². The molecule has 0 radical (unpaired) electrons. The van der Waals surface area contributed by atoms with Crippen LogP contribution >= 0.6 is 12.4 Å². The van der Waals surface area contributed by atoms with E-state index >= 15 is 0 Å². The highest BCUT2D eigenvalue weighted by Gasteiger charge is 2.11. The van der Waals surface area contributed by atoms with Gasteiger partial charge in [-0.2, -0.15) is 0 Å². The second-order valence-electron chi connectivity index (χ2n) is 4.88. The fraction of sp³-hybridized carbons (Fsp3) is 0.0588. The maximum atomic E-state index is 10.9. The van der Waals surface area contributed by atoms with E-state index in [1.54, 1.807) is 18.2 Å². The van der Waals surface area contributed by atoms with Gasteiger partial charge in [0.25, 0.3) is 0 Å². The fourth-order valence-electron chi connectivity index (χ4n) is 2.19. The molecule has 0 atom stereocenters. The number of rotatable bonds is 4. The third-order valence-electron chi connectivity index (χ3n) is 3.33. The van der Waals surface area contributed by atoms with Crippen LogP contribution in [0.4, 0.5) is 0 Å². The zero-order valence-electron chi connectivity index (χ0n) is 12.1. The van der Waals surface area contributed by atoms with E-state index in [4.69, 9.17) is 14.9 Å². The smallest absolute Gasteiger partial charge is 0.371 e. The summed E-state index contributed by atoms with van der Waals surface area (Å²) in [5.41, 5.74) is 2.27. The van der Waals surface area contributed by atoms with Gasteiger partial charge in [-0.25, -0.2) is 4.79 Å².